The first-order valence-electron chi connectivity index (χ1n) is 10.7. The predicted molar refractivity (Wildman–Crippen MR) is 120 cm³/mol. The number of carbonyl (C=O) groups is 2. The Hall–Kier alpha value is -4.29. The topological polar surface area (TPSA) is 182 Å². The normalized spacial score (nSPS) is 21.6. The van der Waals surface area contributed by atoms with E-state index < -0.39 is 53.5 Å². The Morgan fingerprint density at radius 2 is 1.64 bits per heavy atom. The SMILES string of the molecule is CC(=O)OC1COC(Oc2c(-c3ccc(O)cc3)oc3cc(O)cc(O)c3c2=O)C(O)C1OC(C)=O. The molecule has 12 heteroatoms. The molecule has 1 aliphatic rings. The first-order chi connectivity index (χ1) is 17.0. The lowest BCUT2D eigenvalue weighted by molar-refractivity contribution is -0.253. The second-order valence-electron chi connectivity index (χ2n) is 8.01. The van der Waals surface area contributed by atoms with Crippen LogP contribution in [-0.4, -0.2) is 63.6 Å². The van der Waals surface area contributed by atoms with Crippen molar-refractivity contribution in [3.8, 4) is 34.3 Å². The maximum Gasteiger partial charge on any atom is 0.303 e. The monoisotopic (exact) mass is 502 g/mol. The van der Waals surface area contributed by atoms with Gasteiger partial charge >= 0.3 is 11.9 Å². The highest BCUT2D eigenvalue weighted by atomic mass is 16.7. The van der Waals surface area contributed by atoms with Crippen molar-refractivity contribution >= 4 is 22.9 Å². The molecule has 2 heterocycles. The van der Waals surface area contributed by atoms with E-state index in [0.29, 0.717) is 0 Å². The molecule has 4 rings (SSSR count). The van der Waals surface area contributed by atoms with Gasteiger partial charge in [-0.05, 0) is 24.3 Å². The average molecular weight is 502 g/mol. The molecule has 1 saturated heterocycles. The van der Waals surface area contributed by atoms with Crippen LogP contribution in [0.25, 0.3) is 22.3 Å². The number of phenolic OH excluding ortho intramolecular Hbond substituents is 3. The lowest BCUT2D eigenvalue weighted by Crippen LogP contribution is -2.57. The highest BCUT2D eigenvalue weighted by Crippen LogP contribution is 2.37. The Morgan fingerprint density at radius 3 is 2.28 bits per heavy atom. The van der Waals surface area contributed by atoms with Crippen LogP contribution in [0.3, 0.4) is 0 Å². The van der Waals surface area contributed by atoms with Gasteiger partial charge in [-0.25, -0.2) is 0 Å². The fraction of sp³-hybridized carbons (Fsp3) is 0.292. The maximum atomic E-state index is 13.4. The standard InChI is InChI=1S/C24H22O12/c1-10(25)33-17-9-32-24(20(31)22(17)34-11(2)26)36-23-19(30)18-15(29)7-14(28)8-16(18)35-21(23)12-3-5-13(27)6-4-12/h3-8,17,20,22,24,27-29,31H,9H2,1-2H3. The van der Waals surface area contributed by atoms with Crippen molar-refractivity contribution in [3.05, 3.63) is 46.6 Å². The van der Waals surface area contributed by atoms with Gasteiger partial charge in [0.15, 0.2) is 24.1 Å². The smallest absolute Gasteiger partial charge is 0.303 e. The highest BCUT2D eigenvalue weighted by Gasteiger charge is 2.45. The van der Waals surface area contributed by atoms with Crippen molar-refractivity contribution in [2.24, 2.45) is 0 Å². The Balaban J connectivity index is 1.80. The third kappa shape index (κ3) is 4.90. The molecule has 12 nitrogen and oxygen atoms in total. The van der Waals surface area contributed by atoms with Crippen molar-refractivity contribution in [3.63, 3.8) is 0 Å². The van der Waals surface area contributed by atoms with Crippen molar-refractivity contribution in [2.75, 3.05) is 6.61 Å². The van der Waals surface area contributed by atoms with E-state index >= 15 is 0 Å². The zero-order chi connectivity index (χ0) is 26.1. The molecule has 4 atom stereocenters. The van der Waals surface area contributed by atoms with E-state index in [1.54, 1.807) is 0 Å². The fourth-order valence-electron chi connectivity index (χ4n) is 3.81. The summed E-state index contributed by atoms with van der Waals surface area (Å²) in [7, 11) is 0. The molecule has 0 saturated carbocycles. The molecule has 36 heavy (non-hydrogen) atoms. The van der Waals surface area contributed by atoms with Crippen molar-refractivity contribution in [1.29, 1.82) is 0 Å². The number of phenols is 3. The van der Waals surface area contributed by atoms with E-state index in [9.17, 15) is 34.8 Å². The summed E-state index contributed by atoms with van der Waals surface area (Å²) in [5.74, 6) is -3.12. The second kappa shape index (κ2) is 9.76. The Kier molecular flexibility index (Phi) is 6.73. The van der Waals surface area contributed by atoms with Gasteiger partial charge < -0.3 is 43.8 Å². The van der Waals surface area contributed by atoms with E-state index in [2.05, 4.69) is 0 Å². The minimum absolute atomic E-state index is 0.0635. The van der Waals surface area contributed by atoms with Crippen molar-refractivity contribution in [1.82, 2.24) is 0 Å². The van der Waals surface area contributed by atoms with Crippen molar-refractivity contribution < 1.29 is 53.4 Å². The van der Waals surface area contributed by atoms with Gasteiger partial charge in [0.1, 0.15) is 28.2 Å². The third-order valence-corrected chi connectivity index (χ3v) is 5.31. The van der Waals surface area contributed by atoms with Crippen LogP contribution in [-0.2, 0) is 23.8 Å². The lowest BCUT2D eigenvalue weighted by atomic mass is 10.0. The number of aliphatic hydroxyl groups excluding tert-OH is 1. The van der Waals surface area contributed by atoms with E-state index in [1.165, 1.54) is 24.3 Å². The van der Waals surface area contributed by atoms with E-state index in [0.717, 1.165) is 26.0 Å². The Bertz CT molecular complexity index is 1360. The lowest BCUT2D eigenvalue weighted by Gasteiger charge is -2.38. The fourth-order valence-corrected chi connectivity index (χ4v) is 3.81. The molecule has 0 amide bonds. The summed E-state index contributed by atoms with van der Waals surface area (Å²) in [6.07, 6.45) is -5.81. The molecule has 0 bridgehead atoms. The molecule has 4 N–H and O–H groups in total. The van der Waals surface area contributed by atoms with Gasteiger partial charge in [-0.3, -0.25) is 14.4 Å². The van der Waals surface area contributed by atoms with Crippen LogP contribution in [0.5, 0.6) is 23.0 Å². The molecule has 190 valence electrons. The zero-order valence-corrected chi connectivity index (χ0v) is 19.0. The van der Waals surface area contributed by atoms with Crippen LogP contribution in [0.2, 0.25) is 0 Å². The number of aliphatic hydroxyl groups is 1. The number of ether oxygens (including phenoxy) is 4. The largest absolute Gasteiger partial charge is 0.508 e. The first kappa shape index (κ1) is 24.8. The molecular formula is C24H22O12. The molecule has 0 radical (unpaired) electrons. The van der Waals surface area contributed by atoms with E-state index in [4.69, 9.17) is 23.4 Å². The van der Waals surface area contributed by atoms with E-state index in [-0.39, 0.29) is 40.4 Å². The second-order valence-corrected chi connectivity index (χ2v) is 8.01. The summed E-state index contributed by atoms with van der Waals surface area (Å²) in [6, 6.07) is 7.56. The van der Waals surface area contributed by atoms with Gasteiger partial charge in [0, 0.05) is 31.5 Å². The van der Waals surface area contributed by atoms with Gasteiger partial charge in [0.25, 0.3) is 0 Å². The molecular weight excluding hydrogens is 480 g/mol. The number of fused-ring (bicyclic) bond motifs is 1. The van der Waals surface area contributed by atoms with Crippen LogP contribution in [0.1, 0.15) is 13.8 Å². The quantitative estimate of drug-likeness (QED) is 0.370. The summed E-state index contributed by atoms with van der Waals surface area (Å²) in [4.78, 5) is 36.4. The van der Waals surface area contributed by atoms with E-state index in [1.807, 2.05) is 0 Å². The number of benzene rings is 2. The Morgan fingerprint density at radius 1 is 0.972 bits per heavy atom. The third-order valence-electron chi connectivity index (χ3n) is 5.31. The molecule has 0 aliphatic carbocycles. The van der Waals surface area contributed by atoms with Crippen LogP contribution < -0.4 is 10.2 Å². The number of carbonyl (C=O) groups excluding carboxylic acids is 2. The minimum Gasteiger partial charge on any atom is -0.508 e. The minimum atomic E-state index is -1.71. The van der Waals surface area contributed by atoms with Crippen LogP contribution in [0.4, 0.5) is 0 Å². The maximum absolute atomic E-state index is 13.4. The highest BCUT2D eigenvalue weighted by molar-refractivity contribution is 5.88. The van der Waals surface area contributed by atoms with Gasteiger partial charge in [-0.2, -0.15) is 0 Å². The number of esters is 2. The van der Waals surface area contributed by atoms with Crippen LogP contribution in [0.15, 0.2) is 45.6 Å². The van der Waals surface area contributed by atoms with Gasteiger partial charge in [0.2, 0.25) is 17.5 Å². The number of aromatic hydroxyl groups is 3. The van der Waals surface area contributed by atoms with Crippen LogP contribution >= 0.6 is 0 Å². The molecule has 0 spiro atoms. The summed E-state index contributed by atoms with van der Waals surface area (Å²) < 4.78 is 27.2. The van der Waals surface area contributed by atoms with Crippen LogP contribution in [0, 0.1) is 0 Å². The molecule has 1 fully saturated rings. The van der Waals surface area contributed by atoms with Gasteiger partial charge in [-0.1, -0.05) is 0 Å². The summed E-state index contributed by atoms with van der Waals surface area (Å²) in [6.45, 7) is 1.89. The molecule has 2 aromatic carbocycles. The molecule has 3 aromatic rings. The average Bonchev–Trinajstić information content (AvgIpc) is 2.79. The summed E-state index contributed by atoms with van der Waals surface area (Å²) in [5.41, 5.74) is -0.756. The number of rotatable bonds is 5. The Labute approximate surface area is 202 Å². The first-order valence-corrected chi connectivity index (χ1v) is 10.7. The number of hydrogen-bond acceptors (Lipinski definition) is 12. The number of hydrogen-bond donors (Lipinski definition) is 4. The summed E-state index contributed by atoms with van der Waals surface area (Å²) in [5, 5.41) is 40.3. The summed E-state index contributed by atoms with van der Waals surface area (Å²) >= 11 is 0. The predicted octanol–water partition coefficient (Wildman–Crippen LogP) is 1.54. The molecule has 1 aliphatic heterocycles. The zero-order valence-electron chi connectivity index (χ0n) is 19.0. The molecule has 1 aromatic heterocycles. The van der Waals surface area contributed by atoms with Gasteiger partial charge in [0.05, 0.1) is 6.61 Å². The van der Waals surface area contributed by atoms with Gasteiger partial charge in [-0.15, -0.1) is 0 Å². The molecule has 4 unspecified atom stereocenters. The van der Waals surface area contributed by atoms with Crippen molar-refractivity contribution in [2.45, 2.75) is 38.4 Å².